The first-order valence-electron chi connectivity index (χ1n) is 17.4. The Balaban J connectivity index is 1.04. The fourth-order valence-electron chi connectivity index (χ4n) is 7.60. The van der Waals surface area contributed by atoms with Crippen LogP contribution in [0.25, 0.3) is 69.9 Å². The minimum atomic E-state index is 1.13. The monoisotopic (exact) mass is 668 g/mol. The van der Waals surface area contributed by atoms with Crippen molar-refractivity contribution >= 4 is 70.4 Å². The number of anilines is 3. The van der Waals surface area contributed by atoms with Crippen molar-refractivity contribution < 1.29 is 0 Å². The fourth-order valence-corrected chi connectivity index (χ4v) is 8.84. The second kappa shape index (κ2) is 12.2. The average molecular weight is 669 g/mol. The first-order valence-corrected chi connectivity index (χ1v) is 18.2. The Bertz CT molecular complexity index is 2790. The van der Waals surface area contributed by atoms with Gasteiger partial charge in [-0.1, -0.05) is 127 Å². The SMILES string of the molecule is c1ccc(N(c2ccccc2)c2ccc(-c3ccc(-n4c5ccccc5c5ccc(-c6cccc7c6sc6ccccc67)cc54)cc3)cc2)cc1. The highest BCUT2D eigenvalue weighted by atomic mass is 32.1. The molecule has 2 aromatic heterocycles. The third-order valence-electron chi connectivity index (χ3n) is 10.0. The molecule has 0 N–H and O–H groups in total. The van der Waals surface area contributed by atoms with E-state index in [1.165, 1.54) is 64.2 Å². The van der Waals surface area contributed by atoms with Crippen molar-refractivity contribution in [1.29, 1.82) is 0 Å². The summed E-state index contributed by atoms with van der Waals surface area (Å²) in [6, 6.07) is 70.2. The summed E-state index contributed by atoms with van der Waals surface area (Å²) < 4.78 is 5.09. The summed E-state index contributed by atoms with van der Waals surface area (Å²) in [5.41, 5.74) is 11.9. The number of nitrogens with zero attached hydrogens (tertiary/aromatic N) is 2. The van der Waals surface area contributed by atoms with E-state index in [0.717, 1.165) is 22.7 Å². The highest BCUT2D eigenvalue weighted by Crippen LogP contribution is 2.42. The van der Waals surface area contributed by atoms with Crippen molar-refractivity contribution in [2.75, 3.05) is 4.90 Å². The van der Waals surface area contributed by atoms with Gasteiger partial charge in [0.1, 0.15) is 0 Å². The smallest absolute Gasteiger partial charge is 0.0547 e. The summed E-state index contributed by atoms with van der Waals surface area (Å²) >= 11 is 1.88. The molecule has 0 spiro atoms. The number of hydrogen-bond acceptors (Lipinski definition) is 2. The topological polar surface area (TPSA) is 8.17 Å². The molecule has 0 aliphatic rings. The maximum Gasteiger partial charge on any atom is 0.0547 e. The Hall–Kier alpha value is -6.42. The lowest BCUT2D eigenvalue weighted by atomic mass is 10.0. The molecule has 0 amide bonds. The summed E-state index contributed by atoms with van der Waals surface area (Å²) in [6.45, 7) is 0. The van der Waals surface area contributed by atoms with E-state index in [-0.39, 0.29) is 0 Å². The van der Waals surface area contributed by atoms with Gasteiger partial charge in [0, 0.05) is 53.7 Å². The Kier molecular flexibility index (Phi) is 7.04. The van der Waals surface area contributed by atoms with Crippen molar-refractivity contribution in [3.8, 4) is 27.9 Å². The van der Waals surface area contributed by atoms with Crippen LogP contribution in [0.2, 0.25) is 0 Å². The molecule has 0 aliphatic carbocycles. The zero-order valence-electron chi connectivity index (χ0n) is 27.8. The Morgan fingerprint density at radius 2 is 0.922 bits per heavy atom. The van der Waals surface area contributed by atoms with Gasteiger partial charge in [-0.2, -0.15) is 0 Å². The van der Waals surface area contributed by atoms with Gasteiger partial charge in [-0.15, -0.1) is 11.3 Å². The van der Waals surface area contributed by atoms with Crippen LogP contribution in [0.1, 0.15) is 0 Å². The molecule has 0 saturated carbocycles. The van der Waals surface area contributed by atoms with Crippen molar-refractivity contribution in [3.05, 3.63) is 194 Å². The van der Waals surface area contributed by atoms with Crippen LogP contribution in [0, 0.1) is 0 Å². The molecule has 0 aliphatic heterocycles. The lowest BCUT2D eigenvalue weighted by molar-refractivity contribution is 1.18. The third kappa shape index (κ3) is 5.01. The largest absolute Gasteiger partial charge is 0.311 e. The van der Waals surface area contributed by atoms with E-state index in [4.69, 9.17) is 0 Å². The normalized spacial score (nSPS) is 11.5. The van der Waals surface area contributed by atoms with Crippen LogP contribution in [-0.4, -0.2) is 4.57 Å². The minimum Gasteiger partial charge on any atom is -0.311 e. The van der Waals surface area contributed by atoms with E-state index in [9.17, 15) is 0 Å². The molecule has 2 heterocycles. The summed E-state index contributed by atoms with van der Waals surface area (Å²) in [5, 5.41) is 5.18. The van der Waals surface area contributed by atoms with Gasteiger partial charge in [-0.05, 0) is 89.0 Å². The molecule has 2 nitrogen and oxygen atoms in total. The van der Waals surface area contributed by atoms with Crippen LogP contribution in [0.5, 0.6) is 0 Å². The summed E-state index contributed by atoms with van der Waals surface area (Å²) in [7, 11) is 0. The van der Waals surface area contributed by atoms with Crippen LogP contribution in [0.4, 0.5) is 17.1 Å². The Morgan fingerprint density at radius 1 is 0.373 bits per heavy atom. The van der Waals surface area contributed by atoms with Gasteiger partial charge in [0.05, 0.1) is 11.0 Å². The lowest BCUT2D eigenvalue weighted by Gasteiger charge is -2.25. The summed E-state index contributed by atoms with van der Waals surface area (Å²) in [4.78, 5) is 2.30. The molecular weight excluding hydrogens is 637 g/mol. The molecule has 0 saturated heterocycles. The molecule has 0 unspecified atom stereocenters. The van der Waals surface area contributed by atoms with E-state index >= 15 is 0 Å². The van der Waals surface area contributed by atoms with Crippen LogP contribution >= 0.6 is 11.3 Å². The molecule has 0 fully saturated rings. The molecular formula is C48H32N2S. The predicted octanol–water partition coefficient (Wildman–Crippen LogP) is 14.0. The van der Waals surface area contributed by atoms with Crippen LogP contribution < -0.4 is 4.90 Å². The van der Waals surface area contributed by atoms with Gasteiger partial charge >= 0.3 is 0 Å². The van der Waals surface area contributed by atoms with E-state index in [1.807, 2.05) is 11.3 Å². The first-order chi connectivity index (χ1) is 25.3. The number of aromatic nitrogens is 1. The molecule has 3 heteroatoms. The first kappa shape index (κ1) is 29.5. The highest BCUT2D eigenvalue weighted by molar-refractivity contribution is 7.26. The molecule has 10 rings (SSSR count). The maximum atomic E-state index is 2.42. The zero-order chi connectivity index (χ0) is 33.7. The van der Waals surface area contributed by atoms with Gasteiger partial charge in [-0.25, -0.2) is 0 Å². The number of rotatable bonds is 6. The van der Waals surface area contributed by atoms with Gasteiger partial charge < -0.3 is 9.47 Å². The number of fused-ring (bicyclic) bond motifs is 6. The number of para-hydroxylation sites is 3. The van der Waals surface area contributed by atoms with Crippen molar-refractivity contribution in [2.24, 2.45) is 0 Å². The van der Waals surface area contributed by atoms with Gasteiger partial charge in [-0.3, -0.25) is 0 Å². The zero-order valence-corrected chi connectivity index (χ0v) is 28.6. The van der Waals surface area contributed by atoms with Crippen molar-refractivity contribution in [3.63, 3.8) is 0 Å². The van der Waals surface area contributed by atoms with E-state index < -0.39 is 0 Å². The Labute approximate surface area is 300 Å². The van der Waals surface area contributed by atoms with Gasteiger partial charge in [0.2, 0.25) is 0 Å². The van der Waals surface area contributed by atoms with Crippen LogP contribution in [-0.2, 0) is 0 Å². The molecule has 51 heavy (non-hydrogen) atoms. The second-order valence-electron chi connectivity index (χ2n) is 13.0. The van der Waals surface area contributed by atoms with Crippen molar-refractivity contribution in [2.45, 2.75) is 0 Å². The van der Waals surface area contributed by atoms with E-state index in [1.54, 1.807) is 0 Å². The van der Waals surface area contributed by atoms with E-state index in [0.29, 0.717) is 0 Å². The minimum absolute atomic E-state index is 1.13. The summed E-state index contributed by atoms with van der Waals surface area (Å²) in [6.07, 6.45) is 0. The van der Waals surface area contributed by atoms with Crippen LogP contribution in [0.15, 0.2) is 194 Å². The van der Waals surface area contributed by atoms with Crippen molar-refractivity contribution in [1.82, 2.24) is 4.57 Å². The van der Waals surface area contributed by atoms with Gasteiger partial charge in [0.25, 0.3) is 0 Å². The quantitative estimate of drug-likeness (QED) is 0.171. The highest BCUT2D eigenvalue weighted by Gasteiger charge is 2.16. The lowest BCUT2D eigenvalue weighted by Crippen LogP contribution is -2.09. The fraction of sp³-hybridized carbons (Fsp3) is 0. The average Bonchev–Trinajstić information content (AvgIpc) is 3.75. The number of hydrogen-bond donors (Lipinski definition) is 0. The van der Waals surface area contributed by atoms with E-state index in [2.05, 4.69) is 204 Å². The third-order valence-corrected chi connectivity index (χ3v) is 11.2. The molecule has 0 radical (unpaired) electrons. The molecule has 8 aromatic carbocycles. The van der Waals surface area contributed by atoms with Crippen LogP contribution in [0.3, 0.4) is 0 Å². The molecule has 10 aromatic rings. The molecule has 0 bridgehead atoms. The summed E-state index contributed by atoms with van der Waals surface area (Å²) in [5.74, 6) is 0. The predicted molar refractivity (Wildman–Crippen MR) is 219 cm³/mol. The Morgan fingerprint density at radius 3 is 1.65 bits per heavy atom. The second-order valence-corrected chi connectivity index (χ2v) is 14.0. The van der Waals surface area contributed by atoms with Gasteiger partial charge in [0.15, 0.2) is 0 Å². The molecule has 240 valence electrons. The molecule has 0 atom stereocenters. The standard InChI is InChI=1S/C48H32N2S/c1-3-12-36(13-4-1)49(37-14-5-2-6-15-37)38-27-22-33(23-28-38)34-24-29-39(30-25-34)50-45-20-9-7-16-41(45)42-31-26-35(32-46(42)50)40-18-11-19-44-43-17-8-10-21-47(43)51-48(40)44/h1-32H. The maximum absolute atomic E-state index is 2.42. The number of benzene rings is 8. The number of thiophene rings is 1.